The Balaban J connectivity index is 1.48. The van der Waals surface area contributed by atoms with Gasteiger partial charge in [0, 0.05) is 68.9 Å². The van der Waals surface area contributed by atoms with Crippen molar-refractivity contribution in [3.05, 3.63) is 30.6 Å². The molecule has 2 fully saturated rings. The van der Waals surface area contributed by atoms with Crippen LogP contribution < -0.4 is 21.3 Å². The van der Waals surface area contributed by atoms with E-state index >= 15 is 0 Å². The average molecular weight is 449 g/mol. The fourth-order valence-corrected chi connectivity index (χ4v) is 4.10. The molecule has 0 bridgehead atoms. The lowest BCUT2D eigenvalue weighted by atomic mass is 10.1. The number of aromatic nitrogens is 5. The van der Waals surface area contributed by atoms with Crippen LogP contribution >= 0.6 is 0 Å². The van der Waals surface area contributed by atoms with Gasteiger partial charge < -0.3 is 30.9 Å². The third-order valence-corrected chi connectivity index (χ3v) is 6.00. The topological polar surface area (TPSA) is 135 Å². The smallest absolute Gasteiger partial charge is 0.222 e. The van der Waals surface area contributed by atoms with E-state index in [2.05, 4.69) is 41.7 Å². The van der Waals surface area contributed by atoms with Crippen LogP contribution in [0.25, 0.3) is 22.5 Å². The van der Waals surface area contributed by atoms with E-state index in [-0.39, 0.29) is 11.9 Å². The highest BCUT2D eigenvalue weighted by Crippen LogP contribution is 2.32. The zero-order valence-corrected chi connectivity index (χ0v) is 18.7. The van der Waals surface area contributed by atoms with Crippen LogP contribution in [0.5, 0.6) is 0 Å². The van der Waals surface area contributed by atoms with Crippen LogP contribution in [-0.2, 0) is 4.74 Å². The van der Waals surface area contributed by atoms with Gasteiger partial charge in [0.25, 0.3) is 0 Å². The van der Waals surface area contributed by atoms with Crippen molar-refractivity contribution >= 4 is 23.5 Å². The van der Waals surface area contributed by atoms with Gasteiger partial charge in [-0.1, -0.05) is 0 Å². The first kappa shape index (κ1) is 21.3. The Morgan fingerprint density at radius 3 is 2.27 bits per heavy atom. The minimum atomic E-state index is 0.187. The number of nitrogens with zero attached hydrogens (tertiary/aromatic N) is 8. The summed E-state index contributed by atoms with van der Waals surface area (Å²) in [4.78, 5) is 29.1. The molecule has 2 aliphatic heterocycles. The lowest BCUT2D eigenvalue weighted by Gasteiger charge is -2.33. The Morgan fingerprint density at radius 2 is 1.55 bits per heavy atom. The SMILES string of the molecule is CN1CCN(c2ccc(-c3nc(N)ncc3-c3cc(N4CCOCC4)nc(N)n3)cn2)CC1. The highest BCUT2D eigenvalue weighted by Gasteiger charge is 2.19. The number of rotatable bonds is 4. The van der Waals surface area contributed by atoms with Crippen molar-refractivity contribution in [1.82, 2.24) is 29.8 Å². The second-order valence-corrected chi connectivity index (χ2v) is 8.25. The highest BCUT2D eigenvalue weighted by molar-refractivity contribution is 5.80. The fraction of sp³-hybridized carbons (Fsp3) is 0.409. The maximum atomic E-state index is 6.07. The molecule has 11 heteroatoms. The van der Waals surface area contributed by atoms with Gasteiger partial charge in [0.15, 0.2) is 0 Å². The molecule has 0 atom stereocenters. The summed E-state index contributed by atoms with van der Waals surface area (Å²) in [7, 11) is 2.14. The molecule has 2 aliphatic rings. The molecule has 5 rings (SSSR count). The number of piperazine rings is 1. The number of nitrogens with two attached hydrogens (primary N) is 2. The summed E-state index contributed by atoms with van der Waals surface area (Å²) < 4.78 is 5.45. The van der Waals surface area contributed by atoms with E-state index in [9.17, 15) is 0 Å². The molecule has 2 saturated heterocycles. The van der Waals surface area contributed by atoms with Gasteiger partial charge in [-0.25, -0.2) is 19.9 Å². The van der Waals surface area contributed by atoms with Gasteiger partial charge in [-0.05, 0) is 19.2 Å². The molecule has 0 aliphatic carbocycles. The summed E-state index contributed by atoms with van der Waals surface area (Å²) in [5, 5.41) is 0. The molecule has 0 unspecified atom stereocenters. The van der Waals surface area contributed by atoms with Crippen LogP contribution in [0.2, 0.25) is 0 Å². The predicted octanol–water partition coefficient (Wildman–Crippen LogP) is 0.748. The Kier molecular flexibility index (Phi) is 5.88. The molecule has 0 amide bonds. The van der Waals surface area contributed by atoms with Crippen LogP contribution in [0.15, 0.2) is 30.6 Å². The van der Waals surface area contributed by atoms with Gasteiger partial charge in [0.05, 0.1) is 24.6 Å². The minimum Gasteiger partial charge on any atom is -0.378 e. The van der Waals surface area contributed by atoms with Crippen LogP contribution in [-0.4, -0.2) is 89.3 Å². The average Bonchev–Trinajstić information content (AvgIpc) is 2.85. The van der Waals surface area contributed by atoms with Crippen LogP contribution in [0.4, 0.5) is 23.5 Å². The summed E-state index contributed by atoms with van der Waals surface area (Å²) in [6.45, 7) is 6.77. The largest absolute Gasteiger partial charge is 0.378 e. The summed E-state index contributed by atoms with van der Waals surface area (Å²) in [5.74, 6) is 2.09. The Labute approximate surface area is 192 Å². The highest BCUT2D eigenvalue weighted by atomic mass is 16.5. The summed E-state index contributed by atoms with van der Waals surface area (Å²) in [5.41, 5.74) is 14.9. The van der Waals surface area contributed by atoms with Crippen molar-refractivity contribution < 1.29 is 4.74 Å². The lowest BCUT2D eigenvalue weighted by Crippen LogP contribution is -2.44. The third-order valence-electron chi connectivity index (χ3n) is 6.00. The van der Waals surface area contributed by atoms with Crippen LogP contribution in [0.1, 0.15) is 0 Å². The lowest BCUT2D eigenvalue weighted by molar-refractivity contribution is 0.122. The van der Waals surface area contributed by atoms with E-state index in [0.29, 0.717) is 24.6 Å². The van der Waals surface area contributed by atoms with E-state index in [1.165, 1.54) is 0 Å². The van der Waals surface area contributed by atoms with Crippen molar-refractivity contribution in [3.63, 3.8) is 0 Å². The maximum absolute atomic E-state index is 6.07. The zero-order valence-electron chi connectivity index (χ0n) is 18.7. The van der Waals surface area contributed by atoms with E-state index in [1.54, 1.807) is 6.20 Å². The molecular formula is C22H28N10O. The van der Waals surface area contributed by atoms with Crippen molar-refractivity contribution in [1.29, 1.82) is 0 Å². The number of pyridine rings is 1. The quantitative estimate of drug-likeness (QED) is 0.585. The molecule has 0 spiro atoms. The van der Waals surface area contributed by atoms with Gasteiger partial charge in [-0.3, -0.25) is 0 Å². The van der Waals surface area contributed by atoms with Gasteiger partial charge >= 0.3 is 0 Å². The number of ether oxygens (including phenoxy) is 1. The van der Waals surface area contributed by atoms with Gasteiger partial charge in [0.1, 0.15) is 11.6 Å². The number of morpholine rings is 1. The first-order valence-electron chi connectivity index (χ1n) is 11.1. The molecule has 0 radical (unpaired) electrons. The standard InChI is InChI=1S/C22H28N10O/c1-30-4-6-31(7-5-30)18-3-2-15(13-25-18)20-16(14-26-21(23)29-20)17-12-19(28-22(24)27-17)32-8-10-33-11-9-32/h2-3,12-14H,4-11H2,1H3,(H2,23,26,29)(H2,24,27,28). The maximum Gasteiger partial charge on any atom is 0.222 e. The van der Waals surface area contributed by atoms with Crippen molar-refractivity contribution in [2.75, 3.05) is 80.8 Å². The fourth-order valence-electron chi connectivity index (χ4n) is 4.10. The Hall–Kier alpha value is -3.57. The molecule has 172 valence electrons. The van der Waals surface area contributed by atoms with E-state index in [4.69, 9.17) is 21.2 Å². The molecule has 4 N–H and O–H groups in total. The van der Waals surface area contributed by atoms with E-state index in [1.807, 2.05) is 24.4 Å². The zero-order chi connectivity index (χ0) is 22.8. The van der Waals surface area contributed by atoms with Crippen molar-refractivity contribution in [3.8, 4) is 22.5 Å². The number of nitrogen functional groups attached to an aromatic ring is 2. The first-order valence-corrected chi connectivity index (χ1v) is 11.1. The van der Waals surface area contributed by atoms with Gasteiger partial charge in [-0.2, -0.15) is 4.98 Å². The molecular weight excluding hydrogens is 420 g/mol. The Morgan fingerprint density at radius 1 is 0.788 bits per heavy atom. The van der Waals surface area contributed by atoms with Gasteiger partial charge in [-0.15, -0.1) is 0 Å². The van der Waals surface area contributed by atoms with Gasteiger partial charge in [0.2, 0.25) is 11.9 Å². The molecule has 0 aromatic carbocycles. The minimum absolute atomic E-state index is 0.187. The molecule has 5 heterocycles. The number of hydrogen-bond donors (Lipinski definition) is 2. The van der Waals surface area contributed by atoms with Crippen molar-refractivity contribution in [2.24, 2.45) is 0 Å². The Bertz CT molecular complexity index is 1110. The summed E-state index contributed by atoms with van der Waals surface area (Å²) in [6.07, 6.45) is 3.50. The normalized spacial score (nSPS) is 17.4. The number of anilines is 4. The van der Waals surface area contributed by atoms with E-state index < -0.39 is 0 Å². The third kappa shape index (κ3) is 4.64. The molecule has 3 aromatic rings. The van der Waals surface area contributed by atoms with Crippen LogP contribution in [0.3, 0.4) is 0 Å². The molecule has 3 aromatic heterocycles. The molecule has 0 saturated carbocycles. The van der Waals surface area contributed by atoms with E-state index in [0.717, 1.165) is 62.0 Å². The number of likely N-dealkylation sites (N-methyl/N-ethyl adjacent to an activating group) is 1. The van der Waals surface area contributed by atoms with Crippen molar-refractivity contribution in [2.45, 2.75) is 0 Å². The summed E-state index contributed by atoms with van der Waals surface area (Å²) >= 11 is 0. The predicted molar refractivity (Wildman–Crippen MR) is 128 cm³/mol. The second-order valence-electron chi connectivity index (χ2n) is 8.25. The summed E-state index contributed by atoms with van der Waals surface area (Å²) in [6, 6.07) is 5.95. The number of hydrogen-bond acceptors (Lipinski definition) is 11. The molecule has 33 heavy (non-hydrogen) atoms. The monoisotopic (exact) mass is 448 g/mol. The second kappa shape index (κ2) is 9.12. The molecule has 11 nitrogen and oxygen atoms in total. The first-order chi connectivity index (χ1) is 16.1. The van der Waals surface area contributed by atoms with Crippen LogP contribution in [0, 0.1) is 0 Å².